The highest BCUT2D eigenvalue weighted by Gasteiger charge is 2.16. The first kappa shape index (κ1) is 11.8. The first-order chi connectivity index (χ1) is 8.22. The molecule has 1 aliphatic heterocycles. The van der Waals surface area contributed by atoms with Crippen LogP contribution in [0.15, 0.2) is 9.69 Å². The molecule has 0 saturated carbocycles. The van der Waals surface area contributed by atoms with Crippen molar-refractivity contribution in [2.45, 2.75) is 4.90 Å². The number of morpholine rings is 1. The predicted molar refractivity (Wildman–Crippen MR) is 63.8 cm³/mol. The van der Waals surface area contributed by atoms with E-state index in [1.165, 1.54) is 0 Å². The van der Waals surface area contributed by atoms with Gasteiger partial charge in [-0.3, -0.25) is 9.78 Å². The number of hydrogen-bond acceptors (Lipinski definition) is 7. The number of anilines is 2. The van der Waals surface area contributed by atoms with E-state index in [1.807, 2.05) is 10.3 Å². The zero-order valence-corrected chi connectivity index (χ0v) is 9.79. The summed E-state index contributed by atoms with van der Waals surface area (Å²) in [5, 5.41) is 10.3. The minimum absolute atomic E-state index is 0.0850. The molecule has 0 atom stereocenters. The van der Waals surface area contributed by atoms with Gasteiger partial charge in [0.1, 0.15) is 16.1 Å². The third kappa shape index (κ3) is 2.51. The molecule has 1 aromatic heterocycles. The molecule has 1 fully saturated rings. The molecule has 0 unspecified atom stereocenters. The minimum Gasteiger partial charge on any atom is -0.382 e. The van der Waals surface area contributed by atoms with E-state index in [4.69, 9.17) is 15.7 Å². The molecule has 0 amide bonds. The van der Waals surface area contributed by atoms with E-state index in [0.717, 1.165) is 0 Å². The first-order valence-corrected chi connectivity index (χ1v) is 5.82. The molecule has 90 valence electrons. The van der Waals surface area contributed by atoms with Gasteiger partial charge >= 0.3 is 0 Å². The Bertz CT molecular complexity index is 503. The van der Waals surface area contributed by atoms with Crippen LogP contribution < -0.4 is 16.2 Å². The number of thioether (sulfide) groups is 1. The number of nitrogens with zero attached hydrogens (tertiary/aromatic N) is 3. The molecule has 1 saturated heterocycles. The second-order valence-corrected chi connectivity index (χ2v) is 4.19. The van der Waals surface area contributed by atoms with Crippen molar-refractivity contribution in [3.05, 3.63) is 10.4 Å². The average Bonchev–Trinajstić information content (AvgIpc) is 2.35. The van der Waals surface area contributed by atoms with Gasteiger partial charge in [0.05, 0.1) is 13.2 Å². The molecule has 7 nitrogen and oxygen atoms in total. The monoisotopic (exact) mass is 253 g/mol. The lowest BCUT2D eigenvalue weighted by Gasteiger charge is -2.27. The van der Waals surface area contributed by atoms with Crippen molar-refractivity contribution in [3.63, 3.8) is 0 Å². The van der Waals surface area contributed by atoms with Crippen LogP contribution in [0, 0.1) is 10.7 Å². The summed E-state index contributed by atoms with van der Waals surface area (Å²) in [6.45, 7) is 2.51. The Labute approximate surface area is 102 Å². The zero-order chi connectivity index (χ0) is 12.3. The highest BCUT2D eigenvalue weighted by Crippen LogP contribution is 2.19. The Morgan fingerprint density at radius 2 is 2.24 bits per heavy atom. The smallest absolute Gasteiger partial charge is 0.269 e. The van der Waals surface area contributed by atoms with E-state index < -0.39 is 0 Å². The first-order valence-electron chi connectivity index (χ1n) is 5.01. The van der Waals surface area contributed by atoms with Crippen LogP contribution in [0.4, 0.5) is 11.8 Å². The van der Waals surface area contributed by atoms with Gasteiger partial charge in [-0.05, 0) is 11.8 Å². The summed E-state index contributed by atoms with van der Waals surface area (Å²) >= 11 is 0.715. The second kappa shape index (κ2) is 5.07. The lowest BCUT2D eigenvalue weighted by Crippen LogP contribution is -2.38. The fraction of sp³-hybridized carbons (Fsp3) is 0.444. The average molecular weight is 253 g/mol. The maximum Gasteiger partial charge on any atom is 0.269 e. The van der Waals surface area contributed by atoms with Gasteiger partial charge in [0.15, 0.2) is 0 Å². The van der Waals surface area contributed by atoms with Crippen molar-refractivity contribution in [3.8, 4) is 5.40 Å². The third-order valence-corrected chi connectivity index (χ3v) is 3.04. The molecule has 1 aliphatic rings. The number of nitriles is 1. The Kier molecular flexibility index (Phi) is 3.51. The summed E-state index contributed by atoms with van der Waals surface area (Å²) in [5.41, 5.74) is 5.27. The quantitative estimate of drug-likeness (QED) is 0.553. The van der Waals surface area contributed by atoms with Crippen molar-refractivity contribution in [1.82, 2.24) is 9.97 Å². The summed E-state index contributed by atoms with van der Waals surface area (Å²) in [6, 6.07) is 0. The molecule has 0 aromatic carbocycles. The molecular weight excluding hydrogens is 242 g/mol. The van der Waals surface area contributed by atoms with Crippen LogP contribution in [-0.4, -0.2) is 36.3 Å². The Morgan fingerprint density at radius 3 is 2.82 bits per heavy atom. The lowest BCUT2D eigenvalue weighted by molar-refractivity contribution is 0.122. The number of nitrogen functional groups attached to an aromatic ring is 1. The zero-order valence-electron chi connectivity index (χ0n) is 8.97. The van der Waals surface area contributed by atoms with Crippen LogP contribution in [0.2, 0.25) is 0 Å². The van der Waals surface area contributed by atoms with Gasteiger partial charge in [0, 0.05) is 13.1 Å². The van der Waals surface area contributed by atoms with Crippen LogP contribution in [0.1, 0.15) is 0 Å². The van der Waals surface area contributed by atoms with E-state index in [2.05, 4.69) is 9.97 Å². The summed E-state index contributed by atoms with van der Waals surface area (Å²) in [4.78, 5) is 20.4. The Balaban J connectivity index is 2.31. The summed E-state index contributed by atoms with van der Waals surface area (Å²) < 4.78 is 5.20. The van der Waals surface area contributed by atoms with Crippen LogP contribution in [0.3, 0.4) is 0 Å². The fourth-order valence-corrected chi connectivity index (χ4v) is 1.92. The van der Waals surface area contributed by atoms with E-state index in [0.29, 0.717) is 44.0 Å². The van der Waals surface area contributed by atoms with Crippen LogP contribution in [-0.2, 0) is 4.74 Å². The van der Waals surface area contributed by atoms with Crippen molar-refractivity contribution in [2.24, 2.45) is 0 Å². The Morgan fingerprint density at radius 1 is 1.53 bits per heavy atom. The minimum atomic E-state index is -0.384. The van der Waals surface area contributed by atoms with Crippen molar-refractivity contribution in [1.29, 1.82) is 5.26 Å². The van der Waals surface area contributed by atoms with Gasteiger partial charge in [0.25, 0.3) is 5.56 Å². The summed E-state index contributed by atoms with van der Waals surface area (Å²) in [7, 11) is 0. The highest BCUT2D eigenvalue weighted by molar-refractivity contribution is 8.03. The number of thiocyanates is 1. The lowest BCUT2D eigenvalue weighted by atomic mass is 10.4. The molecule has 0 bridgehead atoms. The van der Waals surface area contributed by atoms with Gasteiger partial charge in [-0.1, -0.05) is 0 Å². The predicted octanol–water partition coefficient (Wildman–Crippen LogP) is -0.238. The van der Waals surface area contributed by atoms with Crippen LogP contribution >= 0.6 is 11.8 Å². The fourth-order valence-electron chi connectivity index (χ4n) is 1.54. The molecular formula is C9H11N5O2S. The normalized spacial score (nSPS) is 15.6. The van der Waals surface area contributed by atoms with Gasteiger partial charge in [-0.25, -0.2) is 0 Å². The maximum absolute atomic E-state index is 11.7. The standard InChI is InChI=1S/C9H11N5O2S/c10-5-17-6-7(11)12-9(13-8(6)15)14-1-3-16-4-2-14/h1-4H2,(H3,11,12,13,15). The molecule has 0 radical (unpaired) electrons. The summed E-state index contributed by atoms with van der Waals surface area (Å²) in [5.74, 6) is 0.514. The van der Waals surface area contributed by atoms with Gasteiger partial charge < -0.3 is 15.4 Å². The second-order valence-electron chi connectivity index (χ2n) is 3.40. The molecule has 3 N–H and O–H groups in total. The maximum atomic E-state index is 11.7. The van der Waals surface area contributed by atoms with Gasteiger partial charge in [-0.15, -0.1) is 0 Å². The topological polar surface area (TPSA) is 108 Å². The van der Waals surface area contributed by atoms with E-state index >= 15 is 0 Å². The van der Waals surface area contributed by atoms with Crippen molar-refractivity contribution in [2.75, 3.05) is 36.9 Å². The molecule has 17 heavy (non-hydrogen) atoms. The molecule has 0 aliphatic carbocycles. The van der Waals surface area contributed by atoms with Crippen molar-refractivity contribution >= 4 is 23.5 Å². The number of ether oxygens (including phenoxy) is 1. The largest absolute Gasteiger partial charge is 0.382 e. The molecule has 0 spiro atoms. The molecule has 2 heterocycles. The van der Waals surface area contributed by atoms with E-state index in [1.54, 1.807) is 0 Å². The SMILES string of the molecule is N#CSc1c(N)nc(N2CCOCC2)[nH]c1=O. The van der Waals surface area contributed by atoms with Gasteiger partial charge in [0.2, 0.25) is 5.95 Å². The molecule has 2 rings (SSSR count). The van der Waals surface area contributed by atoms with Crippen LogP contribution in [0.25, 0.3) is 0 Å². The number of H-pyrrole nitrogens is 1. The number of nitrogens with two attached hydrogens (primary N) is 1. The third-order valence-electron chi connectivity index (χ3n) is 2.35. The van der Waals surface area contributed by atoms with Crippen molar-refractivity contribution < 1.29 is 4.74 Å². The summed E-state index contributed by atoms with van der Waals surface area (Å²) in [6.07, 6.45) is 0. The number of nitrogens with one attached hydrogen (secondary N) is 1. The Hall–Kier alpha value is -1.72. The van der Waals surface area contributed by atoms with Gasteiger partial charge in [-0.2, -0.15) is 10.2 Å². The van der Waals surface area contributed by atoms with E-state index in [-0.39, 0.29) is 16.3 Å². The number of rotatable bonds is 2. The van der Waals surface area contributed by atoms with E-state index in [9.17, 15) is 4.79 Å². The number of aromatic nitrogens is 2. The number of hydrogen-bond donors (Lipinski definition) is 2. The number of aromatic amines is 1. The molecule has 1 aromatic rings. The highest BCUT2D eigenvalue weighted by atomic mass is 32.2. The van der Waals surface area contributed by atoms with Crippen LogP contribution in [0.5, 0.6) is 0 Å². The molecule has 8 heteroatoms.